The fourth-order valence-corrected chi connectivity index (χ4v) is 8.10. The largest absolute Gasteiger partial charge is 0.368 e. The van der Waals surface area contributed by atoms with Gasteiger partial charge in [0.25, 0.3) is 0 Å². The van der Waals surface area contributed by atoms with Crippen LogP contribution in [0.25, 0.3) is 0 Å². The van der Waals surface area contributed by atoms with Crippen molar-refractivity contribution in [1.29, 1.82) is 5.26 Å². The minimum Gasteiger partial charge on any atom is -0.368 e. The Morgan fingerprint density at radius 1 is 1.08 bits per heavy atom. The normalized spacial score (nSPS) is 30.7. The number of hydrogen-bond acceptors (Lipinski definition) is 7. The number of nitrogens with zero attached hydrogens (tertiary/aromatic N) is 3. The fourth-order valence-electron chi connectivity index (χ4n) is 7.90. The molecule has 0 amide bonds. The third-order valence-corrected chi connectivity index (χ3v) is 9.80. The molecule has 2 heterocycles. The molecule has 2 aromatic rings. The summed E-state index contributed by atoms with van der Waals surface area (Å²) in [5.74, 6) is 4.39. The lowest BCUT2D eigenvalue weighted by molar-refractivity contribution is -0.0701. The van der Waals surface area contributed by atoms with E-state index in [0.717, 1.165) is 35.8 Å². The van der Waals surface area contributed by atoms with E-state index in [4.69, 9.17) is 11.6 Å². The summed E-state index contributed by atoms with van der Waals surface area (Å²) in [6.07, 6.45) is 10.9. The van der Waals surface area contributed by atoms with Crippen LogP contribution in [0.15, 0.2) is 30.5 Å². The Labute approximate surface area is 225 Å². The summed E-state index contributed by atoms with van der Waals surface area (Å²) in [6.45, 7) is 4.95. The van der Waals surface area contributed by atoms with Gasteiger partial charge in [0.1, 0.15) is 17.5 Å². The van der Waals surface area contributed by atoms with E-state index in [0.29, 0.717) is 40.4 Å². The topological polar surface area (TPSA) is 97.7 Å². The van der Waals surface area contributed by atoms with E-state index in [1.54, 1.807) is 6.20 Å². The molecule has 1 aliphatic heterocycles. The first-order valence-electron chi connectivity index (χ1n) is 14.0. The zero-order valence-corrected chi connectivity index (χ0v) is 22.2. The van der Waals surface area contributed by atoms with Gasteiger partial charge in [0, 0.05) is 24.2 Å². The molecule has 0 radical (unpaired) electrons. The highest BCUT2D eigenvalue weighted by molar-refractivity contribution is 6.31. The van der Waals surface area contributed by atoms with Crippen LogP contribution in [0, 0.1) is 40.4 Å². The zero-order chi connectivity index (χ0) is 25.2. The van der Waals surface area contributed by atoms with E-state index in [9.17, 15) is 5.26 Å². The lowest BCUT2D eigenvalue weighted by Crippen LogP contribution is -2.60. The second-order valence-electron chi connectivity index (χ2n) is 12.0. The molecule has 5 atom stereocenters. The molecule has 37 heavy (non-hydrogen) atoms. The average molecular weight is 520 g/mol. The van der Waals surface area contributed by atoms with Crippen molar-refractivity contribution in [2.75, 3.05) is 36.8 Å². The molecule has 5 aliphatic rings. The Balaban J connectivity index is 1.09. The third kappa shape index (κ3) is 5.43. The molecule has 4 saturated carbocycles. The Morgan fingerprint density at radius 2 is 1.86 bits per heavy atom. The number of halogens is 1. The maximum atomic E-state index is 9.70. The number of piperidine rings is 1. The summed E-state index contributed by atoms with van der Waals surface area (Å²) in [6, 6.07) is 10.7. The van der Waals surface area contributed by atoms with Crippen LogP contribution in [-0.2, 0) is 6.54 Å². The average Bonchev–Trinajstić information content (AvgIpc) is 2.91. The number of rotatable bonds is 9. The van der Waals surface area contributed by atoms with Gasteiger partial charge in [-0.2, -0.15) is 10.2 Å². The first-order valence-corrected chi connectivity index (χ1v) is 14.4. The standard InChI is InChI=1S/C29H38ClN7/c30-25-4-2-1-3-21(25)16-34-28-35-17-24(14-31)27(37-28)36-18-29-11-20-9-22(12-29)26(23(10-20)13-29)33-15-19-5-7-32-8-6-19/h1-4,17,19-20,22-23,26,32-33H,5-13,15-16,18H2,(H2,34,35,36,37)/t20?,22-,23+,26-,29-. The van der Waals surface area contributed by atoms with Gasteiger partial charge in [-0.1, -0.05) is 29.8 Å². The van der Waals surface area contributed by atoms with Crippen LogP contribution in [0.1, 0.15) is 56.1 Å². The number of aromatic nitrogens is 2. The van der Waals surface area contributed by atoms with Gasteiger partial charge < -0.3 is 21.3 Å². The first-order chi connectivity index (χ1) is 18.1. The highest BCUT2D eigenvalue weighted by Crippen LogP contribution is 2.60. The van der Waals surface area contributed by atoms with Crippen molar-refractivity contribution in [3.05, 3.63) is 46.6 Å². The van der Waals surface area contributed by atoms with Gasteiger partial charge in [0.05, 0.1) is 6.20 Å². The van der Waals surface area contributed by atoms with Crippen molar-refractivity contribution in [3.8, 4) is 6.07 Å². The van der Waals surface area contributed by atoms with Crippen LogP contribution >= 0.6 is 11.6 Å². The maximum absolute atomic E-state index is 9.70. The molecule has 4 bridgehead atoms. The second-order valence-corrected chi connectivity index (χ2v) is 12.4. The van der Waals surface area contributed by atoms with Crippen molar-refractivity contribution in [3.63, 3.8) is 0 Å². The van der Waals surface area contributed by atoms with E-state index in [1.807, 2.05) is 24.3 Å². The molecule has 4 N–H and O–H groups in total. The Hall–Kier alpha value is -2.40. The third-order valence-electron chi connectivity index (χ3n) is 9.44. The first kappa shape index (κ1) is 24.9. The minimum atomic E-state index is 0.312. The maximum Gasteiger partial charge on any atom is 0.224 e. The van der Waals surface area contributed by atoms with Gasteiger partial charge in [-0.15, -0.1) is 0 Å². The van der Waals surface area contributed by atoms with Gasteiger partial charge in [-0.3, -0.25) is 0 Å². The number of nitriles is 1. The molecule has 1 unspecified atom stereocenters. The van der Waals surface area contributed by atoms with Crippen molar-refractivity contribution in [2.45, 2.75) is 57.5 Å². The van der Waals surface area contributed by atoms with Gasteiger partial charge >= 0.3 is 0 Å². The van der Waals surface area contributed by atoms with Crippen LogP contribution in [0.4, 0.5) is 11.8 Å². The van der Waals surface area contributed by atoms with Crippen LogP contribution in [0.2, 0.25) is 5.02 Å². The molecule has 5 fully saturated rings. The van der Waals surface area contributed by atoms with E-state index < -0.39 is 0 Å². The zero-order valence-electron chi connectivity index (χ0n) is 21.5. The predicted octanol–water partition coefficient (Wildman–Crippen LogP) is 4.81. The smallest absolute Gasteiger partial charge is 0.224 e. The Morgan fingerprint density at radius 3 is 2.62 bits per heavy atom. The summed E-state index contributed by atoms with van der Waals surface area (Å²) in [5, 5.41) is 24.8. The number of benzene rings is 1. The van der Waals surface area contributed by atoms with Crippen molar-refractivity contribution >= 4 is 23.4 Å². The highest BCUT2D eigenvalue weighted by Gasteiger charge is 2.55. The van der Waals surface area contributed by atoms with Crippen molar-refractivity contribution in [1.82, 2.24) is 20.6 Å². The monoisotopic (exact) mass is 519 g/mol. The second kappa shape index (κ2) is 10.8. The Bertz CT molecular complexity index is 1130. The van der Waals surface area contributed by atoms with Crippen LogP contribution in [0.5, 0.6) is 0 Å². The van der Waals surface area contributed by atoms with Gasteiger partial charge in [0.15, 0.2) is 0 Å². The molecular formula is C29H38ClN7. The summed E-state index contributed by atoms with van der Waals surface area (Å²) < 4.78 is 0. The number of nitrogens with one attached hydrogen (secondary N) is 4. The molecular weight excluding hydrogens is 482 g/mol. The van der Waals surface area contributed by atoms with Crippen molar-refractivity contribution < 1.29 is 0 Å². The SMILES string of the molecule is N#Cc1cnc(NCc2ccccc2Cl)nc1NC[C@]12CC3C[C@H](C1)[C@@H](NCC1CCNCC1)[C@@H](C3)C2. The summed E-state index contributed by atoms with van der Waals surface area (Å²) in [4.78, 5) is 9.04. The fraction of sp³-hybridized carbons (Fsp3) is 0.621. The molecule has 4 aliphatic carbocycles. The van der Waals surface area contributed by atoms with Gasteiger partial charge in [-0.05, 0) is 105 Å². The highest BCUT2D eigenvalue weighted by atomic mass is 35.5. The summed E-state index contributed by atoms with van der Waals surface area (Å²) in [7, 11) is 0. The Kier molecular flexibility index (Phi) is 7.25. The molecule has 7 rings (SSSR count). The molecule has 1 aromatic heterocycles. The lowest BCUT2D eigenvalue weighted by atomic mass is 9.48. The van der Waals surface area contributed by atoms with Gasteiger partial charge in [0.2, 0.25) is 5.95 Å². The molecule has 1 saturated heterocycles. The quantitative estimate of drug-likeness (QED) is 0.377. The van der Waals surface area contributed by atoms with E-state index in [2.05, 4.69) is 37.3 Å². The molecule has 0 spiro atoms. The predicted molar refractivity (Wildman–Crippen MR) is 147 cm³/mol. The summed E-state index contributed by atoms with van der Waals surface area (Å²) >= 11 is 6.30. The molecule has 8 heteroatoms. The van der Waals surface area contributed by atoms with Crippen LogP contribution < -0.4 is 21.3 Å². The van der Waals surface area contributed by atoms with Crippen LogP contribution in [0.3, 0.4) is 0 Å². The summed E-state index contributed by atoms with van der Waals surface area (Å²) in [5.41, 5.74) is 1.80. The van der Waals surface area contributed by atoms with Gasteiger partial charge in [-0.25, -0.2) is 4.98 Å². The van der Waals surface area contributed by atoms with Crippen molar-refractivity contribution in [2.24, 2.45) is 29.1 Å². The molecule has 196 valence electrons. The number of hydrogen-bond donors (Lipinski definition) is 4. The molecule has 1 aromatic carbocycles. The minimum absolute atomic E-state index is 0.312. The van der Waals surface area contributed by atoms with E-state index in [1.165, 1.54) is 64.6 Å². The van der Waals surface area contributed by atoms with E-state index in [-0.39, 0.29) is 0 Å². The van der Waals surface area contributed by atoms with Crippen LogP contribution in [-0.4, -0.2) is 42.2 Å². The number of anilines is 2. The lowest BCUT2D eigenvalue weighted by Gasteiger charge is -2.60. The molecule has 7 nitrogen and oxygen atoms in total. The van der Waals surface area contributed by atoms with E-state index >= 15 is 0 Å².